The molecule has 1 atom stereocenters. The summed E-state index contributed by atoms with van der Waals surface area (Å²) in [6.45, 7) is 1.59. The van der Waals surface area contributed by atoms with Gasteiger partial charge in [0, 0.05) is 10.9 Å². The number of nitrogens with one attached hydrogen (secondary N) is 2. The molecule has 0 saturated heterocycles. The number of carbonyl (C=O) groups excluding carboxylic acids is 1. The number of amides is 1. The van der Waals surface area contributed by atoms with E-state index in [-0.39, 0.29) is 34.5 Å². The molecule has 26 heavy (non-hydrogen) atoms. The fourth-order valence-electron chi connectivity index (χ4n) is 2.46. The molecule has 3 aromatic rings. The molecule has 0 spiro atoms. The number of hydrogen-bond donors (Lipinski definition) is 2. The van der Waals surface area contributed by atoms with E-state index in [1.54, 1.807) is 13.0 Å². The van der Waals surface area contributed by atoms with Crippen molar-refractivity contribution in [2.24, 2.45) is 0 Å². The van der Waals surface area contributed by atoms with Gasteiger partial charge in [-0.25, -0.2) is 13.8 Å². The van der Waals surface area contributed by atoms with E-state index in [1.165, 1.54) is 6.07 Å². The number of fused-ring (bicyclic) bond motifs is 1. The largest absolute Gasteiger partial charge is 0.445 e. The van der Waals surface area contributed by atoms with Gasteiger partial charge in [0.15, 0.2) is 17.3 Å². The highest BCUT2D eigenvalue weighted by molar-refractivity contribution is 5.83. The van der Waals surface area contributed by atoms with Crippen LogP contribution in [0.5, 0.6) is 0 Å². The third kappa shape index (κ3) is 3.30. The molecule has 2 aromatic heterocycles. The van der Waals surface area contributed by atoms with Crippen molar-refractivity contribution in [3.05, 3.63) is 63.6 Å². The van der Waals surface area contributed by atoms with E-state index in [2.05, 4.69) is 15.3 Å². The molecule has 0 aliphatic carbocycles. The number of carbonyl (C=O) groups is 1. The van der Waals surface area contributed by atoms with Gasteiger partial charge in [-0.05, 0) is 25.1 Å². The molecule has 132 valence electrons. The first kappa shape index (κ1) is 17.3. The summed E-state index contributed by atoms with van der Waals surface area (Å²) in [4.78, 5) is 30.5. The van der Waals surface area contributed by atoms with E-state index in [9.17, 15) is 18.4 Å². The first-order valence-electron chi connectivity index (χ1n) is 7.54. The number of nitriles is 1. The second-order valence-corrected chi connectivity index (χ2v) is 5.60. The van der Waals surface area contributed by atoms with Crippen molar-refractivity contribution in [2.45, 2.75) is 19.4 Å². The smallest absolute Gasteiger partial charge is 0.252 e. The van der Waals surface area contributed by atoms with Gasteiger partial charge in [0.05, 0.1) is 11.9 Å². The molecular formula is C17H12F2N4O3. The summed E-state index contributed by atoms with van der Waals surface area (Å²) in [6, 6.07) is 4.47. The molecule has 7 nitrogen and oxygen atoms in total. The van der Waals surface area contributed by atoms with Gasteiger partial charge in [-0.15, -0.1) is 0 Å². The summed E-state index contributed by atoms with van der Waals surface area (Å²) in [5.41, 5.74) is -0.383. The van der Waals surface area contributed by atoms with Crippen molar-refractivity contribution in [1.82, 2.24) is 15.3 Å². The second-order valence-electron chi connectivity index (χ2n) is 5.60. The highest BCUT2D eigenvalue weighted by Gasteiger charge is 2.17. The Morgan fingerprint density at radius 1 is 1.46 bits per heavy atom. The van der Waals surface area contributed by atoms with Gasteiger partial charge in [0.1, 0.15) is 18.4 Å². The number of aromatic amines is 1. The minimum atomic E-state index is -1.10. The van der Waals surface area contributed by atoms with Crippen LogP contribution in [-0.2, 0) is 11.2 Å². The van der Waals surface area contributed by atoms with Crippen LogP contribution in [0.15, 0.2) is 33.7 Å². The molecule has 1 aromatic carbocycles. The third-order valence-electron chi connectivity index (χ3n) is 3.73. The molecule has 0 saturated carbocycles. The van der Waals surface area contributed by atoms with Crippen LogP contribution in [0.1, 0.15) is 30.1 Å². The van der Waals surface area contributed by atoms with Gasteiger partial charge in [0.2, 0.25) is 11.8 Å². The van der Waals surface area contributed by atoms with E-state index in [4.69, 9.17) is 9.68 Å². The van der Waals surface area contributed by atoms with Crippen molar-refractivity contribution in [1.29, 1.82) is 5.26 Å². The van der Waals surface area contributed by atoms with Crippen LogP contribution >= 0.6 is 0 Å². The molecule has 0 aliphatic heterocycles. The lowest BCUT2D eigenvalue weighted by molar-refractivity contribution is -0.121. The normalized spacial score (nSPS) is 11.9. The van der Waals surface area contributed by atoms with Gasteiger partial charge in [0.25, 0.3) is 5.56 Å². The molecule has 0 aliphatic rings. The molecule has 0 radical (unpaired) electrons. The number of hydrogen-bond acceptors (Lipinski definition) is 5. The minimum Gasteiger partial charge on any atom is -0.445 e. The Kier molecular flexibility index (Phi) is 4.49. The Morgan fingerprint density at radius 3 is 2.92 bits per heavy atom. The average Bonchev–Trinajstić information content (AvgIpc) is 3.09. The number of benzene rings is 1. The Balaban J connectivity index is 1.80. The monoisotopic (exact) mass is 358 g/mol. The highest BCUT2D eigenvalue weighted by Crippen LogP contribution is 2.18. The number of pyridine rings is 1. The average molecular weight is 358 g/mol. The van der Waals surface area contributed by atoms with E-state index < -0.39 is 29.1 Å². The Labute approximate surface area is 145 Å². The van der Waals surface area contributed by atoms with Crippen LogP contribution in [0.2, 0.25) is 0 Å². The molecule has 0 unspecified atom stereocenters. The summed E-state index contributed by atoms with van der Waals surface area (Å²) in [5, 5.41) is 11.2. The number of halogens is 2. The topological polar surface area (TPSA) is 112 Å². The Hall–Kier alpha value is -3.54. The van der Waals surface area contributed by atoms with Crippen molar-refractivity contribution >= 4 is 16.8 Å². The summed E-state index contributed by atoms with van der Waals surface area (Å²) in [5.74, 6) is -2.56. The zero-order chi connectivity index (χ0) is 18.8. The molecule has 2 heterocycles. The molecule has 2 N–H and O–H groups in total. The van der Waals surface area contributed by atoms with Crippen LogP contribution in [0.3, 0.4) is 0 Å². The zero-order valence-electron chi connectivity index (χ0n) is 13.5. The van der Waals surface area contributed by atoms with Crippen molar-refractivity contribution in [3.8, 4) is 6.07 Å². The summed E-state index contributed by atoms with van der Waals surface area (Å²) in [7, 11) is 0. The Bertz CT molecular complexity index is 1100. The van der Waals surface area contributed by atoms with Gasteiger partial charge < -0.3 is 14.7 Å². The van der Waals surface area contributed by atoms with Gasteiger partial charge in [-0.1, -0.05) is 0 Å². The van der Waals surface area contributed by atoms with Crippen molar-refractivity contribution < 1.29 is 18.0 Å². The standard InChI is InChI=1S/C17H12F2N4O3/c1-8(17-22-10(6-20)7-26-17)21-14(24)5-9-4-11-13(23-16(9)25)3-2-12(18)15(11)19/h2-4,7-8H,5H2,1H3,(H,21,24)(H,23,25)/t8-/m1/s1. The Morgan fingerprint density at radius 2 is 2.23 bits per heavy atom. The van der Waals surface area contributed by atoms with Crippen LogP contribution < -0.4 is 10.9 Å². The first-order valence-corrected chi connectivity index (χ1v) is 7.54. The summed E-state index contributed by atoms with van der Waals surface area (Å²) >= 11 is 0. The number of rotatable bonds is 4. The van der Waals surface area contributed by atoms with Gasteiger partial charge in [-0.3, -0.25) is 9.59 Å². The van der Waals surface area contributed by atoms with E-state index in [0.29, 0.717) is 0 Å². The van der Waals surface area contributed by atoms with Gasteiger partial charge in [-0.2, -0.15) is 5.26 Å². The molecule has 0 fully saturated rings. The number of H-pyrrole nitrogens is 1. The van der Waals surface area contributed by atoms with Crippen molar-refractivity contribution in [3.63, 3.8) is 0 Å². The molecule has 0 bridgehead atoms. The second kappa shape index (κ2) is 6.76. The maximum absolute atomic E-state index is 13.9. The number of aromatic nitrogens is 2. The van der Waals surface area contributed by atoms with Crippen LogP contribution in [0.25, 0.3) is 10.9 Å². The minimum absolute atomic E-state index is 0.0168. The molecule has 9 heteroatoms. The SMILES string of the molecule is C[C@@H](NC(=O)Cc1cc2c(F)c(F)ccc2[nH]c1=O)c1nc(C#N)co1. The van der Waals surface area contributed by atoms with Gasteiger partial charge >= 0.3 is 0 Å². The quantitative estimate of drug-likeness (QED) is 0.742. The van der Waals surface area contributed by atoms with Crippen LogP contribution in [-0.4, -0.2) is 15.9 Å². The van der Waals surface area contributed by atoms with Crippen LogP contribution in [0.4, 0.5) is 8.78 Å². The lowest BCUT2D eigenvalue weighted by atomic mass is 10.1. The lowest BCUT2D eigenvalue weighted by Gasteiger charge is -2.10. The zero-order valence-corrected chi connectivity index (χ0v) is 13.5. The van der Waals surface area contributed by atoms with E-state index >= 15 is 0 Å². The maximum Gasteiger partial charge on any atom is 0.252 e. The molecular weight excluding hydrogens is 346 g/mol. The molecule has 3 rings (SSSR count). The fourth-order valence-corrected chi connectivity index (χ4v) is 2.46. The van der Waals surface area contributed by atoms with Crippen molar-refractivity contribution in [2.75, 3.05) is 0 Å². The van der Waals surface area contributed by atoms with E-state index in [0.717, 1.165) is 18.4 Å². The predicted molar refractivity (Wildman–Crippen MR) is 86.0 cm³/mol. The predicted octanol–water partition coefficient (Wildman–Crippen LogP) is 2.09. The highest BCUT2D eigenvalue weighted by atomic mass is 19.2. The van der Waals surface area contributed by atoms with E-state index in [1.807, 2.05) is 0 Å². The first-order chi connectivity index (χ1) is 12.4. The number of nitrogens with zero attached hydrogens (tertiary/aromatic N) is 2. The summed E-state index contributed by atoms with van der Waals surface area (Å²) < 4.78 is 32.3. The lowest BCUT2D eigenvalue weighted by Crippen LogP contribution is -2.30. The number of oxazole rings is 1. The molecule has 1 amide bonds. The van der Waals surface area contributed by atoms with Crippen LogP contribution in [0, 0.1) is 23.0 Å². The summed E-state index contributed by atoms with van der Waals surface area (Å²) in [6.07, 6.45) is 0.806. The fraction of sp³-hybridized carbons (Fsp3) is 0.176. The third-order valence-corrected chi connectivity index (χ3v) is 3.73. The maximum atomic E-state index is 13.9.